The minimum Gasteiger partial charge on any atom is -0.493 e. The number of H-pyrrole nitrogens is 1. The molecule has 1 aliphatic rings. The number of nitrogens with zero attached hydrogens (tertiary/aromatic N) is 2. The summed E-state index contributed by atoms with van der Waals surface area (Å²) in [5.74, 6) is 0.868. The van der Waals surface area contributed by atoms with Gasteiger partial charge in [0.2, 0.25) is 10.0 Å². The molecule has 4 aromatic rings. The van der Waals surface area contributed by atoms with Crippen LogP contribution in [0.15, 0.2) is 76.6 Å². The number of halogens is 1. The molecule has 0 bridgehead atoms. The van der Waals surface area contributed by atoms with Crippen LogP contribution >= 0.6 is 11.6 Å². The van der Waals surface area contributed by atoms with E-state index in [4.69, 9.17) is 21.1 Å². The second kappa shape index (κ2) is 9.57. The summed E-state index contributed by atoms with van der Waals surface area (Å²) in [4.78, 5) is 16.5. The molecule has 0 fully saturated rings. The fourth-order valence-corrected chi connectivity index (χ4v) is 5.87. The Kier molecular flexibility index (Phi) is 6.43. The Morgan fingerprint density at radius 3 is 2.43 bits per heavy atom. The fourth-order valence-electron chi connectivity index (χ4n) is 4.80. The van der Waals surface area contributed by atoms with Gasteiger partial charge in [0.25, 0.3) is 5.56 Å². The highest BCUT2D eigenvalue weighted by Crippen LogP contribution is 2.43. The molecule has 10 heteroatoms. The molecule has 0 aliphatic carbocycles. The normalized spacial score (nSPS) is 15.6. The van der Waals surface area contributed by atoms with Crippen molar-refractivity contribution in [3.05, 3.63) is 93.2 Å². The van der Waals surface area contributed by atoms with Gasteiger partial charge in [-0.15, -0.1) is 0 Å². The van der Waals surface area contributed by atoms with Crippen LogP contribution in [0.2, 0.25) is 5.02 Å². The van der Waals surface area contributed by atoms with E-state index in [1.807, 2.05) is 30.3 Å². The van der Waals surface area contributed by atoms with E-state index in [0.29, 0.717) is 44.4 Å². The largest absolute Gasteiger partial charge is 0.493 e. The zero-order valence-corrected chi connectivity index (χ0v) is 21.9. The molecule has 37 heavy (non-hydrogen) atoms. The summed E-state index contributed by atoms with van der Waals surface area (Å²) in [5, 5.41) is 5.74. The summed E-state index contributed by atoms with van der Waals surface area (Å²) in [6.45, 7) is 0. The third kappa shape index (κ3) is 4.45. The van der Waals surface area contributed by atoms with Gasteiger partial charge in [-0.2, -0.15) is 9.52 Å². The highest BCUT2D eigenvalue weighted by Gasteiger charge is 2.38. The van der Waals surface area contributed by atoms with Crippen LogP contribution in [-0.4, -0.2) is 44.0 Å². The first-order valence-electron chi connectivity index (χ1n) is 11.4. The Hall–Kier alpha value is -3.82. The van der Waals surface area contributed by atoms with Crippen LogP contribution in [-0.2, 0) is 10.0 Å². The molecule has 3 aromatic carbocycles. The van der Waals surface area contributed by atoms with Crippen LogP contribution in [0.25, 0.3) is 22.0 Å². The molecule has 190 valence electrons. The lowest BCUT2D eigenvalue weighted by Gasteiger charge is -2.24. The van der Waals surface area contributed by atoms with E-state index in [9.17, 15) is 13.2 Å². The number of fused-ring (bicyclic) bond motifs is 1. The first-order chi connectivity index (χ1) is 17.7. The summed E-state index contributed by atoms with van der Waals surface area (Å²) in [5.41, 5.74) is 2.86. The minimum absolute atomic E-state index is 0.144. The smallest absolute Gasteiger partial charge is 0.258 e. The van der Waals surface area contributed by atoms with Crippen LogP contribution in [0.3, 0.4) is 0 Å². The molecule has 0 radical (unpaired) electrons. The molecule has 5 rings (SSSR count). The highest BCUT2D eigenvalue weighted by atomic mass is 35.5. The van der Waals surface area contributed by atoms with Gasteiger partial charge in [-0.25, -0.2) is 8.42 Å². The number of rotatable bonds is 6. The van der Waals surface area contributed by atoms with E-state index >= 15 is 0 Å². The predicted molar refractivity (Wildman–Crippen MR) is 145 cm³/mol. The number of hydrogen-bond acceptors (Lipinski definition) is 6. The van der Waals surface area contributed by atoms with Gasteiger partial charge >= 0.3 is 0 Å². The fraction of sp³-hybridized carbons (Fsp3) is 0.185. The predicted octanol–water partition coefficient (Wildman–Crippen LogP) is 4.98. The van der Waals surface area contributed by atoms with Crippen molar-refractivity contribution in [1.82, 2.24) is 9.40 Å². The number of sulfonamides is 1. The van der Waals surface area contributed by atoms with E-state index in [1.165, 1.54) is 14.2 Å². The summed E-state index contributed by atoms with van der Waals surface area (Å²) in [6, 6.07) is 19.2. The summed E-state index contributed by atoms with van der Waals surface area (Å²) in [7, 11) is -0.802. The molecule has 2 heterocycles. The van der Waals surface area contributed by atoms with Crippen molar-refractivity contribution >= 4 is 38.2 Å². The molecule has 8 nitrogen and oxygen atoms in total. The number of hydrazone groups is 1. The van der Waals surface area contributed by atoms with Crippen molar-refractivity contribution in [2.75, 3.05) is 20.5 Å². The molecule has 1 N–H and O–H groups in total. The molecular weight excluding hydrogens is 514 g/mol. The van der Waals surface area contributed by atoms with Crippen molar-refractivity contribution in [3.8, 4) is 22.6 Å². The van der Waals surface area contributed by atoms with E-state index in [-0.39, 0.29) is 12.0 Å². The number of methoxy groups -OCH3 is 2. The summed E-state index contributed by atoms with van der Waals surface area (Å²) >= 11 is 6.34. The minimum atomic E-state index is -3.81. The Morgan fingerprint density at radius 1 is 1.00 bits per heavy atom. The van der Waals surface area contributed by atoms with Crippen LogP contribution in [0, 0.1) is 0 Å². The number of aromatic nitrogens is 1. The van der Waals surface area contributed by atoms with E-state index < -0.39 is 16.1 Å². The summed E-state index contributed by atoms with van der Waals surface area (Å²) < 4.78 is 37.8. The average Bonchev–Trinajstić information content (AvgIpc) is 3.33. The molecule has 0 saturated heterocycles. The van der Waals surface area contributed by atoms with E-state index in [0.717, 1.165) is 21.6 Å². The highest BCUT2D eigenvalue weighted by molar-refractivity contribution is 7.88. The maximum absolute atomic E-state index is 13.5. The van der Waals surface area contributed by atoms with Crippen molar-refractivity contribution in [3.63, 3.8) is 0 Å². The van der Waals surface area contributed by atoms with Gasteiger partial charge in [0.15, 0.2) is 11.5 Å². The van der Waals surface area contributed by atoms with Crippen LogP contribution in [0.5, 0.6) is 11.5 Å². The van der Waals surface area contributed by atoms with Gasteiger partial charge < -0.3 is 14.5 Å². The lowest BCUT2D eigenvalue weighted by molar-refractivity contribution is 0.329. The van der Waals surface area contributed by atoms with Crippen molar-refractivity contribution in [1.29, 1.82) is 0 Å². The molecule has 0 unspecified atom stereocenters. The first kappa shape index (κ1) is 24.9. The van der Waals surface area contributed by atoms with E-state index in [1.54, 1.807) is 36.4 Å². The number of pyridine rings is 1. The second-order valence-electron chi connectivity index (χ2n) is 8.64. The van der Waals surface area contributed by atoms with Crippen molar-refractivity contribution < 1.29 is 17.9 Å². The number of nitrogens with one attached hydrogen (secondary N) is 1. The van der Waals surface area contributed by atoms with Crippen molar-refractivity contribution in [2.45, 2.75) is 12.5 Å². The van der Waals surface area contributed by atoms with Gasteiger partial charge in [-0.05, 0) is 29.8 Å². The SMILES string of the molecule is COc1cccc([C@H]2CC(c3c(-c4ccccc4)c4cc(Cl)ccc4[nH]c3=O)=NN2S(C)(=O)=O)c1OC. The molecule has 1 aromatic heterocycles. The van der Waals surface area contributed by atoms with Crippen LogP contribution in [0.4, 0.5) is 0 Å². The number of ether oxygens (including phenoxy) is 2. The van der Waals surface area contributed by atoms with Gasteiger partial charge in [-0.3, -0.25) is 4.79 Å². The maximum Gasteiger partial charge on any atom is 0.258 e. The van der Waals surface area contributed by atoms with Gasteiger partial charge in [-0.1, -0.05) is 54.1 Å². The Morgan fingerprint density at radius 2 is 1.76 bits per heavy atom. The van der Waals surface area contributed by atoms with Gasteiger partial charge in [0.1, 0.15) is 0 Å². The molecule has 0 saturated carbocycles. The monoisotopic (exact) mass is 537 g/mol. The molecular formula is C27H24ClN3O5S. The number of hydrogen-bond donors (Lipinski definition) is 1. The van der Waals surface area contributed by atoms with Crippen molar-refractivity contribution in [2.24, 2.45) is 5.10 Å². The number of para-hydroxylation sites is 1. The molecule has 1 aliphatic heterocycles. The zero-order valence-electron chi connectivity index (χ0n) is 20.4. The van der Waals surface area contributed by atoms with Crippen LogP contribution in [0.1, 0.15) is 23.6 Å². The Labute approximate surface area is 219 Å². The quantitative estimate of drug-likeness (QED) is 0.374. The lowest BCUT2D eigenvalue weighted by atomic mass is 9.91. The average molecular weight is 538 g/mol. The molecule has 0 amide bonds. The maximum atomic E-state index is 13.5. The second-order valence-corrected chi connectivity index (χ2v) is 10.9. The standard InChI is InChI=1S/C27H24ClN3O5S/c1-35-23-11-7-10-18(26(23)36-2)22-15-21(30-31(22)37(3,33)34)25-24(16-8-5-4-6-9-16)19-14-17(28)12-13-20(19)29-27(25)32/h4-14,22H,15H2,1-3H3,(H,29,32)/t22-/m1/s1. The third-order valence-corrected chi connectivity index (χ3v) is 7.58. The molecule has 1 atom stereocenters. The zero-order chi connectivity index (χ0) is 26.3. The number of aromatic amines is 1. The molecule has 0 spiro atoms. The Bertz CT molecular complexity index is 1700. The summed E-state index contributed by atoms with van der Waals surface area (Å²) in [6.07, 6.45) is 1.23. The topological polar surface area (TPSA) is 101 Å². The van der Waals surface area contributed by atoms with E-state index in [2.05, 4.69) is 10.1 Å². The van der Waals surface area contributed by atoms with Crippen LogP contribution < -0.4 is 15.0 Å². The Balaban J connectivity index is 1.77. The first-order valence-corrected chi connectivity index (χ1v) is 13.6. The third-order valence-electron chi connectivity index (χ3n) is 6.33. The van der Waals surface area contributed by atoms with Gasteiger partial charge in [0, 0.05) is 33.5 Å². The number of benzene rings is 3. The van der Waals surface area contributed by atoms with Gasteiger partial charge in [0.05, 0.1) is 37.8 Å². The lowest BCUT2D eigenvalue weighted by Crippen LogP contribution is -2.26.